The van der Waals surface area contributed by atoms with Crippen LogP contribution in [0.15, 0.2) is 66.5 Å². The number of carboxylic acids is 1. The van der Waals surface area contributed by atoms with Crippen LogP contribution in [0.4, 0.5) is 13.2 Å². The zero-order chi connectivity index (χ0) is 22.4. The SMILES string of the molecule is C=CCn1cc(/C=N/OCC(=O)O)c2cc(OCc3cccc(C(F)(F)F)c3)ccc21. The largest absolute Gasteiger partial charge is 0.489 e. The van der Waals surface area contributed by atoms with E-state index in [4.69, 9.17) is 14.7 Å². The highest BCUT2D eigenvalue weighted by Crippen LogP contribution is 2.30. The van der Waals surface area contributed by atoms with Crippen molar-refractivity contribution in [3.63, 3.8) is 0 Å². The lowest BCUT2D eigenvalue weighted by Crippen LogP contribution is -2.06. The van der Waals surface area contributed by atoms with E-state index in [1.54, 1.807) is 30.5 Å². The van der Waals surface area contributed by atoms with Crippen molar-refractivity contribution in [2.45, 2.75) is 19.3 Å². The Morgan fingerprint density at radius 1 is 1.23 bits per heavy atom. The second-order valence-electron chi connectivity index (χ2n) is 6.59. The molecule has 0 spiro atoms. The number of allylic oxidation sites excluding steroid dienone is 1. The molecule has 31 heavy (non-hydrogen) atoms. The van der Waals surface area contributed by atoms with Crippen molar-refractivity contribution in [2.24, 2.45) is 5.16 Å². The van der Waals surface area contributed by atoms with Crippen molar-refractivity contribution in [1.29, 1.82) is 0 Å². The summed E-state index contributed by atoms with van der Waals surface area (Å²) in [6, 6.07) is 10.2. The van der Waals surface area contributed by atoms with Gasteiger partial charge >= 0.3 is 12.1 Å². The van der Waals surface area contributed by atoms with Crippen molar-refractivity contribution < 1.29 is 32.6 Å². The number of alkyl halides is 3. The summed E-state index contributed by atoms with van der Waals surface area (Å²) in [5, 5.41) is 13.0. The fourth-order valence-corrected chi connectivity index (χ4v) is 2.98. The fourth-order valence-electron chi connectivity index (χ4n) is 2.98. The Bertz CT molecular complexity index is 1120. The van der Waals surface area contributed by atoms with E-state index in [1.807, 2.05) is 10.6 Å². The fraction of sp³-hybridized carbons (Fsp3) is 0.182. The van der Waals surface area contributed by atoms with Crippen LogP contribution < -0.4 is 4.74 Å². The van der Waals surface area contributed by atoms with Gasteiger partial charge in [0.05, 0.1) is 11.8 Å². The molecule has 3 rings (SSSR count). The molecule has 2 aromatic carbocycles. The Hall–Kier alpha value is -3.75. The second kappa shape index (κ2) is 9.38. The Balaban J connectivity index is 1.83. The minimum atomic E-state index is -4.42. The molecule has 0 bridgehead atoms. The maximum atomic E-state index is 12.9. The molecule has 1 N–H and O–H groups in total. The van der Waals surface area contributed by atoms with Crippen molar-refractivity contribution in [1.82, 2.24) is 4.57 Å². The number of fused-ring (bicyclic) bond motifs is 1. The minimum absolute atomic E-state index is 0.0338. The molecular weight excluding hydrogens is 413 g/mol. The number of ether oxygens (including phenoxy) is 1. The van der Waals surface area contributed by atoms with Gasteiger partial charge in [0.1, 0.15) is 12.4 Å². The molecule has 162 valence electrons. The van der Waals surface area contributed by atoms with E-state index in [0.29, 0.717) is 23.4 Å². The minimum Gasteiger partial charge on any atom is -0.489 e. The number of hydrogen-bond donors (Lipinski definition) is 1. The standard InChI is InChI=1S/C22H19F3N2O4/c1-2-8-27-12-16(11-26-31-14-21(28)29)19-10-18(6-7-20(19)27)30-13-15-4-3-5-17(9-15)22(23,24)25/h2-7,9-12H,1,8,13-14H2,(H,28,29)/b26-11+. The van der Waals surface area contributed by atoms with Gasteiger partial charge in [-0.05, 0) is 35.9 Å². The molecule has 9 heteroatoms. The first-order valence-electron chi connectivity index (χ1n) is 9.18. The maximum absolute atomic E-state index is 12.9. The van der Waals surface area contributed by atoms with Gasteiger partial charge in [-0.2, -0.15) is 13.2 Å². The summed E-state index contributed by atoms with van der Waals surface area (Å²) in [6.07, 6.45) is 0.497. The molecule has 1 aromatic heterocycles. The number of carboxylic acid groups (broad SMARTS) is 1. The summed E-state index contributed by atoms with van der Waals surface area (Å²) in [5.41, 5.74) is 1.17. The topological polar surface area (TPSA) is 73.1 Å². The summed E-state index contributed by atoms with van der Waals surface area (Å²) >= 11 is 0. The van der Waals surface area contributed by atoms with Crippen LogP contribution in [-0.4, -0.2) is 28.5 Å². The summed E-state index contributed by atoms with van der Waals surface area (Å²) in [7, 11) is 0. The van der Waals surface area contributed by atoms with Crippen LogP contribution in [0.25, 0.3) is 10.9 Å². The van der Waals surface area contributed by atoms with E-state index in [2.05, 4.69) is 11.7 Å². The Morgan fingerprint density at radius 3 is 2.74 bits per heavy atom. The third kappa shape index (κ3) is 5.65. The van der Waals surface area contributed by atoms with Crippen molar-refractivity contribution in [3.05, 3.63) is 78.0 Å². The normalized spacial score (nSPS) is 11.7. The molecule has 6 nitrogen and oxygen atoms in total. The predicted molar refractivity (Wildman–Crippen MR) is 109 cm³/mol. The molecule has 1 heterocycles. The van der Waals surface area contributed by atoms with E-state index in [1.165, 1.54) is 12.3 Å². The maximum Gasteiger partial charge on any atom is 0.416 e. The molecule has 3 aromatic rings. The monoisotopic (exact) mass is 432 g/mol. The zero-order valence-electron chi connectivity index (χ0n) is 16.3. The van der Waals surface area contributed by atoms with E-state index < -0.39 is 24.3 Å². The summed E-state index contributed by atoms with van der Waals surface area (Å²) in [4.78, 5) is 15.2. The summed E-state index contributed by atoms with van der Waals surface area (Å²) < 4.78 is 46.3. The lowest BCUT2D eigenvalue weighted by atomic mass is 10.1. The van der Waals surface area contributed by atoms with E-state index in [0.717, 1.165) is 23.0 Å². The van der Waals surface area contributed by atoms with Gasteiger partial charge in [0, 0.05) is 29.2 Å². The number of oxime groups is 1. The Labute approximate surface area is 175 Å². The lowest BCUT2D eigenvalue weighted by Gasteiger charge is -2.10. The molecule has 0 amide bonds. The van der Waals surface area contributed by atoms with Crippen LogP contribution in [0.1, 0.15) is 16.7 Å². The van der Waals surface area contributed by atoms with Crippen LogP contribution >= 0.6 is 0 Å². The highest BCUT2D eigenvalue weighted by Gasteiger charge is 2.30. The molecule has 0 fully saturated rings. The zero-order valence-corrected chi connectivity index (χ0v) is 16.3. The number of halogens is 3. The number of aromatic nitrogens is 1. The number of aliphatic carboxylic acids is 1. The molecule has 0 unspecified atom stereocenters. The predicted octanol–water partition coefficient (Wildman–Crippen LogP) is 4.86. The molecular formula is C22H19F3N2O4. The Morgan fingerprint density at radius 2 is 2.03 bits per heavy atom. The van der Waals surface area contributed by atoms with Crippen molar-refractivity contribution in [3.8, 4) is 5.75 Å². The van der Waals surface area contributed by atoms with Crippen molar-refractivity contribution >= 4 is 23.1 Å². The van der Waals surface area contributed by atoms with Gasteiger partial charge < -0.3 is 19.2 Å². The smallest absolute Gasteiger partial charge is 0.416 e. The van der Waals surface area contributed by atoms with E-state index >= 15 is 0 Å². The van der Waals surface area contributed by atoms with Gasteiger partial charge in [0.2, 0.25) is 6.61 Å². The second-order valence-corrected chi connectivity index (χ2v) is 6.59. The summed E-state index contributed by atoms with van der Waals surface area (Å²) in [5.74, 6) is -0.682. The molecule has 0 saturated carbocycles. The van der Waals surface area contributed by atoms with Gasteiger partial charge in [0.15, 0.2) is 0 Å². The molecule has 0 aliphatic heterocycles. The van der Waals surface area contributed by atoms with Crippen LogP contribution in [0.5, 0.6) is 5.75 Å². The number of rotatable bonds is 9. The highest BCUT2D eigenvalue weighted by molar-refractivity contribution is 6.00. The van der Waals surface area contributed by atoms with E-state index in [-0.39, 0.29) is 6.61 Å². The first kappa shape index (κ1) is 21.9. The molecule has 0 aliphatic rings. The number of benzene rings is 2. The van der Waals surface area contributed by atoms with Gasteiger partial charge in [-0.1, -0.05) is 23.4 Å². The third-order valence-electron chi connectivity index (χ3n) is 4.32. The first-order chi connectivity index (χ1) is 14.8. The average molecular weight is 432 g/mol. The molecule has 0 radical (unpaired) electrons. The quantitative estimate of drug-likeness (QED) is 0.298. The first-order valence-corrected chi connectivity index (χ1v) is 9.18. The van der Waals surface area contributed by atoms with E-state index in [9.17, 15) is 18.0 Å². The Kier molecular flexibility index (Phi) is 6.64. The number of nitrogens with zero attached hydrogens (tertiary/aromatic N) is 2. The van der Waals surface area contributed by atoms with Gasteiger partial charge in [-0.3, -0.25) is 0 Å². The van der Waals surface area contributed by atoms with Gasteiger partial charge in [-0.25, -0.2) is 4.79 Å². The molecule has 0 aliphatic carbocycles. The highest BCUT2D eigenvalue weighted by atomic mass is 19.4. The number of hydrogen-bond acceptors (Lipinski definition) is 4. The molecule has 0 saturated heterocycles. The van der Waals surface area contributed by atoms with Crippen LogP contribution in [0.2, 0.25) is 0 Å². The van der Waals surface area contributed by atoms with Crippen molar-refractivity contribution in [2.75, 3.05) is 6.61 Å². The van der Waals surface area contributed by atoms with Gasteiger partial charge in [0.25, 0.3) is 0 Å². The summed E-state index contributed by atoms with van der Waals surface area (Å²) in [6.45, 7) is 3.66. The van der Waals surface area contributed by atoms with Crippen LogP contribution in [0.3, 0.4) is 0 Å². The van der Waals surface area contributed by atoms with Crippen LogP contribution in [0, 0.1) is 0 Å². The average Bonchev–Trinajstić information content (AvgIpc) is 3.06. The lowest BCUT2D eigenvalue weighted by molar-refractivity contribution is -0.142. The van der Waals surface area contributed by atoms with Gasteiger partial charge in [-0.15, -0.1) is 6.58 Å². The van der Waals surface area contributed by atoms with Crippen LogP contribution in [-0.2, 0) is 29.0 Å². The third-order valence-corrected chi connectivity index (χ3v) is 4.32. The molecule has 0 atom stereocenters. The number of carbonyl (C=O) groups is 1.